The fraction of sp³-hybridized carbons (Fsp3) is 0. The predicted octanol–water partition coefficient (Wildman–Crippen LogP) is 3.57. The molecule has 6 heteroatoms. The van der Waals surface area contributed by atoms with Crippen LogP contribution < -0.4 is 0 Å². The Hall–Kier alpha value is -2.31. The van der Waals surface area contributed by atoms with Crippen molar-refractivity contribution >= 4 is 44.1 Å². The van der Waals surface area contributed by atoms with E-state index in [1.54, 1.807) is 18.2 Å². The molecule has 0 N–H and O–H groups in total. The van der Waals surface area contributed by atoms with Crippen molar-refractivity contribution in [2.24, 2.45) is 0 Å². The molecule has 108 valence electrons. The second-order valence-electron chi connectivity index (χ2n) is 4.66. The highest BCUT2D eigenvalue weighted by atomic mass is 32.2. The summed E-state index contributed by atoms with van der Waals surface area (Å²) >= 11 is 1.37. The summed E-state index contributed by atoms with van der Waals surface area (Å²) in [5, 5.41) is 1.45. The molecule has 1 unspecified atom stereocenters. The minimum absolute atomic E-state index is 0.332. The monoisotopic (exact) mass is 327 g/mol. The van der Waals surface area contributed by atoms with Gasteiger partial charge in [0.15, 0.2) is 4.34 Å². The van der Waals surface area contributed by atoms with Gasteiger partial charge in [0.1, 0.15) is 16.6 Å². The Labute approximate surface area is 132 Å². The molecule has 1 aromatic heterocycles. The number of benzene rings is 2. The zero-order valence-electron chi connectivity index (χ0n) is 11.2. The Morgan fingerprint density at radius 3 is 2.59 bits per heavy atom. The minimum Gasteiger partial charge on any atom is -0.422 e. The molecule has 0 saturated heterocycles. The molecule has 1 aliphatic heterocycles. The SMILES string of the molecule is O=C1OC(=CS(=O)c2nc3ccccc3s2)c2ccccc21. The van der Waals surface area contributed by atoms with E-state index in [9.17, 15) is 9.00 Å². The maximum atomic E-state index is 12.5. The van der Waals surface area contributed by atoms with Crippen molar-refractivity contribution in [2.45, 2.75) is 4.34 Å². The van der Waals surface area contributed by atoms with Crippen molar-refractivity contribution in [2.75, 3.05) is 0 Å². The maximum Gasteiger partial charge on any atom is 0.344 e. The Kier molecular flexibility index (Phi) is 3.13. The van der Waals surface area contributed by atoms with Crippen LogP contribution in [0.5, 0.6) is 0 Å². The molecule has 4 rings (SSSR count). The zero-order valence-corrected chi connectivity index (χ0v) is 12.8. The predicted molar refractivity (Wildman–Crippen MR) is 85.9 cm³/mol. The first-order valence-corrected chi connectivity index (χ1v) is 8.55. The van der Waals surface area contributed by atoms with E-state index in [2.05, 4.69) is 4.98 Å². The number of hydrogen-bond acceptors (Lipinski definition) is 5. The molecule has 1 atom stereocenters. The van der Waals surface area contributed by atoms with E-state index in [4.69, 9.17) is 4.74 Å². The smallest absolute Gasteiger partial charge is 0.344 e. The summed E-state index contributed by atoms with van der Waals surface area (Å²) in [7, 11) is -1.46. The van der Waals surface area contributed by atoms with Gasteiger partial charge >= 0.3 is 5.97 Å². The number of rotatable bonds is 2. The highest BCUT2D eigenvalue weighted by Gasteiger charge is 2.26. The van der Waals surface area contributed by atoms with Gasteiger partial charge in [-0.1, -0.05) is 30.3 Å². The molecular weight excluding hydrogens is 318 g/mol. The van der Waals surface area contributed by atoms with Crippen molar-refractivity contribution in [3.05, 3.63) is 65.1 Å². The number of nitrogens with zero attached hydrogens (tertiary/aromatic N) is 1. The van der Waals surface area contributed by atoms with Crippen LogP contribution in [-0.2, 0) is 15.5 Å². The summed E-state index contributed by atoms with van der Waals surface area (Å²) in [6.07, 6.45) is 0. The van der Waals surface area contributed by atoms with E-state index < -0.39 is 16.8 Å². The molecule has 22 heavy (non-hydrogen) atoms. The van der Waals surface area contributed by atoms with E-state index in [-0.39, 0.29) is 0 Å². The molecule has 4 nitrogen and oxygen atoms in total. The fourth-order valence-electron chi connectivity index (χ4n) is 2.26. The number of aromatic nitrogens is 1. The number of carbonyl (C=O) groups excluding carboxylic acids is 1. The van der Waals surface area contributed by atoms with Crippen LogP contribution in [0.3, 0.4) is 0 Å². The standard InChI is InChI=1S/C16H9NO3S2/c18-15-11-6-2-1-5-10(11)13(20-15)9-22(19)16-17-12-7-3-4-8-14(12)21-16/h1-9H. The number of esters is 1. The fourth-order valence-corrected chi connectivity index (χ4v) is 4.36. The molecule has 0 bridgehead atoms. The van der Waals surface area contributed by atoms with Crippen LogP contribution in [0.15, 0.2) is 58.3 Å². The molecule has 0 fully saturated rings. The molecule has 1 aliphatic rings. The number of fused-ring (bicyclic) bond motifs is 2. The van der Waals surface area contributed by atoms with Crippen LogP contribution in [0, 0.1) is 0 Å². The average molecular weight is 327 g/mol. The molecule has 3 aromatic rings. The average Bonchev–Trinajstić information content (AvgIpc) is 3.10. The van der Waals surface area contributed by atoms with Gasteiger partial charge in [0.2, 0.25) is 0 Å². The first kappa shape index (κ1) is 13.4. The molecule has 0 aliphatic carbocycles. The highest BCUT2D eigenvalue weighted by Crippen LogP contribution is 2.31. The summed E-state index contributed by atoms with van der Waals surface area (Å²) in [5.74, 6) is -0.0821. The van der Waals surface area contributed by atoms with Crippen molar-refractivity contribution in [3.63, 3.8) is 0 Å². The number of ether oxygens (including phenoxy) is 1. The quantitative estimate of drug-likeness (QED) is 0.675. The zero-order chi connectivity index (χ0) is 15.1. The van der Waals surface area contributed by atoms with Crippen LogP contribution in [0.1, 0.15) is 15.9 Å². The van der Waals surface area contributed by atoms with Crippen molar-refractivity contribution < 1.29 is 13.7 Å². The van der Waals surface area contributed by atoms with E-state index in [0.29, 0.717) is 21.2 Å². The first-order valence-electron chi connectivity index (χ1n) is 6.52. The Morgan fingerprint density at radius 2 is 1.77 bits per heavy atom. The molecule has 0 spiro atoms. The number of para-hydroxylation sites is 1. The van der Waals surface area contributed by atoms with Crippen molar-refractivity contribution in [1.29, 1.82) is 0 Å². The van der Waals surface area contributed by atoms with E-state index in [1.165, 1.54) is 16.7 Å². The second kappa shape index (κ2) is 5.15. The van der Waals surface area contributed by atoms with E-state index >= 15 is 0 Å². The third kappa shape index (κ3) is 2.17. The van der Waals surface area contributed by atoms with Gasteiger partial charge < -0.3 is 4.74 Å². The summed E-state index contributed by atoms with van der Waals surface area (Å²) in [6.45, 7) is 0. The van der Waals surface area contributed by atoms with Crippen molar-refractivity contribution in [3.8, 4) is 0 Å². The highest BCUT2D eigenvalue weighted by molar-refractivity contribution is 7.90. The summed E-state index contributed by atoms with van der Waals surface area (Å²) in [5.41, 5.74) is 1.98. The van der Waals surface area contributed by atoms with Crippen LogP contribution in [0.25, 0.3) is 16.0 Å². The lowest BCUT2D eigenvalue weighted by Crippen LogP contribution is -1.93. The Morgan fingerprint density at radius 1 is 1.05 bits per heavy atom. The van der Waals surface area contributed by atoms with Crippen LogP contribution >= 0.6 is 11.3 Å². The Bertz CT molecular complexity index is 926. The lowest BCUT2D eigenvalue weighted by molar-refractivity contribution is 0.0716. The molecule has 0 saturated carbocycles. The summed E-state index contributed by atoms with van der Waals surface area (Å²) in [4.78, 5) is 16.1. The number of cyclic esters (lactones) is 1. The minimum atomic E-state index is -1.46. The van der Waals surface area contributed by atoms with Gasteiger partial charge in [-0.25, -0.2) is 14.0 Å². The largest absolute Gasteiger partial charge is 0.422 e. The van der Waals surface area contributed by atoms with Crippen LogP contribution in [0.2, 0.25) is 0 Å². The summed E-state index contributed by atoms with van der Waals surface area (Å²) < 4.78 is 19.2. The second-order valence-corrected chi connectivity index (χ2v) is 7.17. The molecule has 2 heterocycles. The third-order valence-electron chi connectivity index (χ3n) is 3.28. The van der Waals surface area contributed by atoms with Crippen LogP contribution in [-0.4, -0.2) is 15.2 Å². The van der Waals surface area contributed by atoms with Gasteiger partial charge in [0, 0.05) is 5.56 Å². The molecule has 0 radical (unpaired) electrons. The third-order valence-corrected chi connectivity index (χ3v) is 5.71. The first-order chi connectivity index (χ1) is 10.7. The summed E-state index contributed by atoms with van der Waals surface area (Å²) in [6, 6.07) is 14.7. The van der Waals surface area contributed by atoms with Crippen LogP contribution in [0.4, 0.5) is 0 Å². The Balaban J connectivity index is 1.74. The normalized spacial score (nSPS) is 16.7. The molecule has 2 aromatic carbocycles. The van der Waals surface area contributed by atoms with Gasteiger partial charge in [0.25, 0.3) is 0 Å². The van der Waals surface area contributed by atoms with Gasteiger partial charge in [-0.05, 0) is 18.2 Å². The lowest BCUT2D eigenvalue weighted by Gasteiger charge is -1.96. The van der Waals surface area contributed by atoms with E-state index in [1.807, 2.05) is 30.3 Å². The lowest BCUT2D eigenvalue weighted by atomic mass is 10.1. The number of hydrogen-bond donors (Lipinski definition) is 0. The van der Waals surface area contributed by atoms with Gasteiger partial charge in [0.05, 0.1) is 21.2 Å². The maximum absolute atomic E-state index is 12.5. The van der Waals surface area contributed by atoms with Gasteiger partial charge in [-0.2, -0.15) is 0 Å². The van der Waals surface area contributed by atoms with E-state index in [0.717, 1.165) is 10.2 Å². The van der Waals surface area contributed by atoms with Gasteiger partial charge in [-0.15, -0.1) is 11.3 Å². The molecular formula is C16H9NO3S2. The number of thiazole rings is 1. The molecule has 0 amide bonds. The van der Waals surface area contributed by atoms with Gasteiger partial charge in [-0.3, -0.25) is 0 Å². The number of carbonyl (C=O) groups is 1. The topological polar surface area (TPSA) is 56.3 Å². The van der Waals surface area contributed by atoms with Crippen molar-refractivity contribution in [1.82, 2.24) is 4.98 Å².